The molecule has 2 rings (SSSR count). The van der Waals surface area contributed by atoms with Crippen LogP contribution in [0.3, 0.4) is 0 Å². The first kappa shape index (κ1) is 9.58. The normalized spacial score (nSPS) is 9.93. The second-order valence-electron chi connectivity index (χ2n) is 3.26. The lowest BCUT2D eigenvalue weighted by atomic mass is 10.1. The van der Waals surface area contributed by atoms with Gasteiger partial charge in [0.05, 0.1) is 0 Å². The molecule has 0 bridgehead atoms. The molecule has 0 saturated heterocycles. The number of anilines is 1. The molecule has 4 nitrogen and oxygen atoms in total. The van der Waals surface area contributed by atoms with Crippen molar-refractivity contribution in [2.45, 2.75) is 13.5 Å². The van der Waals surface area contributed by atoms with E-state index in [0.29, 0.717) is 0 Å². The average molecular weight is 200 g/mol. The fraction of sp³-hybridized carbons (Fsp3) is 0.182. The molecule has 0 amide bonds. The maximum absolute atomic E-state index is 4.04. The monoisotopic (exact) mass is 200 g/mol. The molecule has 15 heavy (non-hydrogen) atoms. The Hall–Kier alpha value is -1.97. The third-order valence-electron chi connectivity index (χ3n) is 2.17. The van der Waals surface area contributed by atoms with Crippen molar-refractivity contribution < 1.29 is 0 Å². The Labute approximate surface area is 88.4 Å². The predicted octanol–water partition coefficient (Wildman–Crippen LogP) is 1.79. The highest BCUT2D eigenvalue weighted by Crippen LogP contribution is 2.07. The van der Waals surface area contributed by atoms with E-state index in [0.717, 1.165) is 12.4 Å². The Morgan fingerprint density at radius 3 is 2.93 bits per heavy atom. The van der Waals surface area contributed by atoms with Gasteiger partial charge in [-0.25, -0.2) is 0 Å². The molecule has 0 aromatic carbocycles. The lowest BCUT2D eigenvalue weighted by Crippen LogP contribution is -2.03. The van der Waals surface area contributed by atoms with Crippen molar-refractivity contribution in [1.82, 2.24) is 15.2 Å². The highest BCUT2D eigenvalue weighted by Gasteiger charge is 1.97. The fourth-order valence-electron chi connectivity index (χ4n) is 1.28. The van der Waals surface area contributed by atoms with Gasteiger partial charge in [0.1, 0.15) is 5.82 Å². The van der Waals surface area contributed by atoms with E-state index in [2.05, 4.69) is 20.5 Å². The molecule has 0 aliphatic rings. The van der Waals surface area contributed by atoms with E-state index in [4.69, 9.17) is 0 Å². The zero-order valence-corrected chi connectivity index (χ0v) is 8.51. The third kappa shape index (κ3) is 2.49. The number of nitrogens with one attached hydrogen (secondary N) is 1. The van der Waals surface area contributed by atoms with E-state index in [9.17, 15) is 0 Å². The Morgan fingerprint density at radius 2 is 2.20 bits per heavy atom. The Morgan fingerprint density at radius 1 is 1.27 bits per heavy atom. The van der Waals surface area contributed by atoms with Gasteiger partial charge in [0.25, 0.3) is 0 Å². The van der Waals surface area contributed by atoms with Crippen LogP contribution in [0.15, 0.2) is 36.8 Å². The first-order chi connectivity index (χ1) is 7.36. The predicted molar refractivity (Wildman–Crippen MR) is 58.3 cm³/mol. The van der Waals surface area contributed by atoms with Crippen LogP contribution in [-0.2, 0) is 6.54 Å². The van der Waals surface area contributed by atoms with Gasteiger partial charge in [0.15, 0.2) is 0 Å². The Bertz CT molecular complexity index is 428. The van der Waals surface area contributed by atoms with Crippen molar-refractivity contribution in [2.75, 3.05) is 5.32 Å². The summed E-state index contributed by atoms with van der Waals surface area (Å²) < 4.78 is 0. The fourth-order valence-corrected chi connectivity index (χ4v) is 1.28. The molecule has 0 spiro atoms. The van der Waals surface area contributed by atoms with Crippen LogP contribution in [0.25, 0.3) is 0 Å². The van der Waals surface area contributed by atoms with Crippen molar-refractivity contribution in [1.29, 1.82) is 0 Å². The van der Waals surface area contributed by atoms with Crippen LogP contribution in [0.1, 0.15) is 11.1 Å². The molecule has 4 heteroatoms. The van der Waals surface area contributed by atoms with E-state index in [1.165, 1.54) is 11.1 Å². The van der Waals surface area contributed by atoms with Gasteiger partial charge in [-0.1, -0.05) is 0 Å². The highest BCUT2D eigenvalue weighted by molar-refractivity contribution is 5.34. The van der Waals surface area contributed by atoms with Gasteiger partial charge < -0.3 is 5.32 Å². The minimum Gasteiger partial charge on any atom is -0.364 e. The van der Waals surface area contributed by atoms with Gasteiger partial charge >= 0.3 is 0 Å². The van der Waals surface area contributed by atoms with Crippen LogP contribution < -0.4 is 5.32 Å². The topological polar surface area (TPSA) is 50.7 Å². The number of hydrogen-bond acceptors (Lipinski definition) is 4. The summed E-state index contributed by atoms with van der Waals surface area (Å²) in [5.74, 6) is 0.786. The number of nitrogens with zero attached hydrogens (tertiary/aromatic N) is 3. The van der Waals surface area contributed by atoms with Crippen LogP contribution in [0, 0.1) is 6.92 Å². The van der Waals surface area contributed by atoms with Gasteiger partial charge in [0, 0.05) is 25.1 Å². The minimum atomic E-state index is 0.743. The summed E-state index contributed by atoms with van der Waals surface area (Å²) in [4.78, 5) is 4.04. The largest absolute Gasteiger partial charge is 0.364 e. The lowest BCUT2D eigenvalue weighted by Gasteiger charge is -2.06. The van der Waals surface area contributed by atoms with Crippen LogP contribution in [-0.4, -0.2) is 15.2 Å². The molecule has 2 aromatic heterocycles. The zero-order chi connectivity index (χ0) is 10.5. The standard InChI is InChI=1S/C11H12N4/c1-9-7-12-6-4-10(9)8-13-11-3-2-5-14-15-11/h2-7H,8H2,1H3,(H,13,15). The number of aromatic nitrogens is 3. The van der Waals surface area contributed by atoms with Crippen LogP contribution >= 0.6 is 0 Å². The van der Waals surface area contributed by atoms with Crippen molar-refractivity contribution in [3.63, 3.8) is 0 Å². The molecule has 0 radical (unpaired) electrons. The van der Waals surface area contributed by atoms with E-state index in [1.807, 2.05) is 31.3 Å². The number of pyridine rings is 1. The molecule has 0 fully saturated rings. The number of hydrogen-bond donors (Lipinski definition) is 1. The number of aryl methyl sites for hydroxylation is 1. The summed E-state index contributed by atoms with van der Waals surface area (Å²) in [5.41, 5.74) is 2.39. The first-order valence-electron chi connectivity index (χ1n) is 4.77. The van der Waals surface area contributed by atoms with Crippen LogP contribution in [0.5, 0.6) is 0 Å². The molecular formula is C11H12N4. The molecule has 0 aliphatic heterocycles. The summed E-state index contributed by atoms with van der Waals surface area (Å²) in [6.45, 7) is 2.79. The molecule has 0 aliphatic carbocycles. The average Bonchev–Trinajstić information content (AvgIpc) is 2.29. The van der Waals surface area contributed by atoms with Crippen molar-refractivity contribution in [3.8, 4) is 0 Å². The molecule has 1 N–H and O–H groups in total. The summed E-state index contributed by atoms with van der Waals surface area (Å²) in [6.07, 6.45) is 5.30. The molecule has 76 valence electrons. The summed E-state index contributed by atoms with van der Waals surface area (Å²) >= 11 is 0. The van der Waals surface area contributed by atoms with E-state index >= 15 is 0 Å². The molecule has 0 saturated carbocycles. The maximum atomic E-state index is 4.04. The van der Waals surface area contributed by atoms with Gasteiger partial charge in [0.2, 0.25) is 0 Å². The van der Waals surface area contributed by atoms with Crippen LogP contribution in [0.4, 0.5) is 5.82 Å². The van der Waals surface area contributed by atoms with E-state index in [-0.39, 0.29) is 0 Å². The zero-order valence-electron chi connectivity index (χ0n) is 8.51. The smallest absolute Gasteiger partial charge is 0.148 e. The quantitative estimate of drug-likeness (QED) is 0.820. The van der Waals surface area contributed by atoms with Crippen molar-refractivity contribution in [3.05, 3.63) is 47.9 Å². The minimum absolute atomic E-state index is 0.743. The Balaban J connectivity index is 2.03. The molecule has 2 heterocycles. The van der Waals surface area contributed by atoms with Gasteiger partial charge in [-0.2, -0.15) is 5.10 Å². The summed E-state index contributed by atoms with van der Waals surface area (Å²) in [6, 6.07) is 5.75. The molecule has 2 aromatic rings. The van der Waals surface area contributed by atoms with E-state index in [1.54, 1.807) is 12.4 Å². The van der Waals surface area contributed by atoms with Gasteiger partial charge in [-0.3, -0.25) is 4.98 Å². The number of rotatable bonds is 3. The second-order valence-corrected chi connectivity index (χ2v) is 3.26. The lowest BCUT2D eigenvalue weighted by molar-refractivity contribution is 0.992. The molecule has 0 atom stereocenters. The van der Waals surface area contributed by atoms with Gasteiger partial charge in [-0.05, 0) is 36.2 Å². The van der Waals surface area contributed by atoms with E-state index < -0.39 is 0 Å². The first-order valence-corrected chi connectivity index (χ1v) is 4.77. The summed E-state index contributed by atoms with van der Waals surface area (Å²) in [5, 5.41) is 10.9. The highest BCUT2D eigenvalue weighted by atomic mass is 15.2. The Kier molecular flexibility index (Phi) is 2.88. The second kappa shape index (κ2) is 4.50. The molecular weight excluding hydrogens is 188 g/mol. The molecule has 0 unspecified atom stereocenters. The SMILES string of the molecule is Cc1cnccc1CNc1cccnn1. The third-order valence-corrected chi connectivity index (χ3v) is 2.17. The van der Waals surface area contributed by atoms with Crippen molar-refractivity contribution in [2.24, 2.45) is 0 Å². The van der Waals surface area contributed by atoms with Crippen LogP contribution in [0.2, 0.25) is 0 Å². The summed E-state index contributed by atoms with van der Waals surface area (Å²) in [7, 11) is 0. The van der Waals surface area contributed by atoms with Crippen molar-refractivity contribution >= 4 is 5.82 Å². The van der Waals surface area contributed by atoms with Gasteiger partial charge in [-0.15, -0.1) is 5.10 Å². The maximum Gasteiger partial charge on any atom is 0.148 e.